The van der Waals surface area contributed by atoms with E-state index in [4.69, 9.17) is 9.47 Å². The summed E-state index contributed by atoms with van der Waals surface area (Å²) in [7, 11) is 1.63. The van der Waals surface area contributed by atoms with Gasteiger partial charge in [0.15, 0.2) is 5.78 Å². The number of ketones is 1. The fourth-order valence-corrected chi connectivity index (χ4v) is 2.67. The van der Waals surface area contributed by atoms with E-state index in [-0.39, 0.29) is 11.9 Å². The summed E-state index contributed by atoms with van der Waals surface area (Å²) in [4.78, 5) is 12.4. The van der Waals surface area contributed by atoms with Crippen molar-refractivity contribution in [2.45, 2.75) is 25.9 Å². The monoisotopic (exact) mass is 282 g/mol. The second-order valence-corrected chi connectivity index (χ2v) is 5.41. The largest absolute Gasteiger partial charge is 0.497 e. The third kappa shape index (κ3) is 2.92. The molecule has 0 radical (unpaired) electrons. The molecule has 0 fully saturated rings. The molecule has 1 heterocycles. The Kier molecular flexibility index (Phi) is 3.65. The van der Waals surface area contributed by atoms with E-state index < -0.39 is 0 Å². The van der Waals surface area contributed by atoms with E-state index in [1.54, 1.807) is 7.11 Å². The van der Waals surface area contributed by atoms with Crippen LogP contribution in [-0.4, -0.2) is 19.0 Å². The highest BCUT2D eigenvalue weighted by atomic mass is 16.5. The summed E-state index contributed by atoms with van der Waals surface area (Å²) < 4.78 is 10.8. The van der Waals surface area contributed by atoms with Crippen LogP contribution in [0.2, 0.25) is 0 Å². The zero-order valence-corrected chi connectivity index (χ0v) is 12.3. The first-order valence-electron chi connectivity index (χ1n) is 7.11. The summed E-state index contributed by atoms with van der Waals surface area (Å²) in [6.45, 7) is 2.04. The number of hydrogen-bond donors (Lipinski definition) is 0. The maximum Gasteiger partial charge on any atom is 0.167 e. The molecule has 0 N–H and O–H groups in total. The molecular formula is C18H18O3. The molecule has 0 aromatic heterocycles. The van der Waals surface area contributed by atoms with Gasteiger partial charge in [-0.05, 0) is 48.4 Å². The second-order valence-electron chi connectivity index (χ2n) is 5.41. The Morgan fingerprint density at radius 1 is 1.29 bits per heavy atom. The van der Waals surface area contributed by atoms with Crippen LogP contribution in [0.3, 0.4) is 0 Å². The standard InChI is InChI=1S/C18H18O3/c1-12-8-15-11-14(6-7-18(15)21-12)17(19)10-13-4-3-5-16(9-13)20-2/h3-7,9,11-12H,8,10H2,1-2H3. The SMILES string of the molecule is COc1cccc(CC(=O)c2ccc3c(c2)CC(C)O3)c1. The Morgan fingerprint density at radius 3 is 2.95 bits per heavy atom. The lowest BCUT2D eigenvalue weighted by atomic mass is 10.00. The Bertz CT molecular complexity index is 676. The van der Waals surface area contributed by atoms with Crippen molar-refractivity contribution in [3.63, 3.8) is 0 Å². The molecule has 1 aliphatic heterocycles. The zero-order chi connectivity index (χ0) is 14.8. The Labute approximate surface area is 124 Å². The number of benzene rings is 2. The molecule has 3 rings (SSSR count). The Balaban J connectivity index is 1.78. The first-order chi connectivity index (χ1) is 10.2. The van der Waals surface area contributed by atoms with Crippen molar-refractivity contribution >= 4 is 5.78 Å². The van der Waals surface area contributed by atoms with Gasteiger partial charge < -0.3 is 9.47 Å². The number of ether oxygens (including phenoxy) is 2. The average Bonchev–Trinajstić information content (AvgIpc) is 2.86. The third-order valence-corrected chi connectivity index (χ3v) is 3.72. The summed E-state index contributed by atoms with van der Waals surface area (Å²) in [6.07, 6.45) is 1.45. The van der Waals surface area contributed by atoms with Gasteiger partial charge in [0, 0.05) is 18.4 Å². The maximum absolute atomic E-state index is 12.4. The number of rotatable bonds is 4. The lowest BCUT2D eigenvalue weighted by Gasteiger charge is -2.06. The molecule has 0 bridgehead atoms. The number of methoxy groups -OCH3 is 1. The molecular weight excluding hydrogens is 264 g/mol. The minimum atomic E-state index is 0.116. The van der Waals surface area contributed by atoms with E-state index in [0.29, 0.717) is 6.42 Å². The van der Waals surface area contributed by atoms with E-state index in [9.17, 15) is 4.79 Å². The van der Waals surface area contributed by atoms with Crippen molar-refractivity contribution in [3.8, 4) is 11.5 Å². The van der Waals surface area contributed by atoms with Crippen LogP contribution in [0.15, 0.2) is 42.5 Å². The van der Waals surface area contributed by atoms with Crippen LogP contribution in [0.5, 0.6) is 11.5 Å². The molecule has 3 nitrogen and oxygen atoms in total. The Morgan fingerprint density at radius 2 is 2.14 bits per heavy atom. The summed E-state index contributed by atoms with van der Waals surface area (Å²) in [5, 5.41) is 0. The van der Waals surface area contributed by atoms with Crippen molar-refractivity contribution < 1.29 is 14.3 Å². The Hall–Kier alpha value is -2.29. The number of Topliss-reactive ketones (excluding diaryl/α,β-unsaturated/α-hetero) is 1. The molecule has 0 amide bonds. The molecule has 0 saturated carbocycles. The van der Waals surface area contributed by atoms with Crippen LogP contribution in [-0.2, 0) is 12.8 Å². The van der Waals surface area contributed by atoms with Gasteiger partial charge in [0.25, 0.3) is 0 Å². The number of carbonyl (C=O) groups is 1. The van der Waals surface area contributed by atoms with E-state index >= 15 is 0 Å². The van der Waals surface area contributed by atoms with Crippen molar-refractivity contribution in [3.05, 3.63) is 59.2 Å². The highest BCUT2D eigenvalue weighted by Gasteiger charge is 2.20. The lowest BCUT2D eigenvalue weighted by molar-refractivity contribution is 0.0993. The minimum absolute atomic E-state index is 0.116. The smallest absolute Gasteiger partial charge is 0.167 e. The first kappa shape index (κ1) is 13.7. The molecule has 1 aliphatic rings. The third-order valence-electron chi connectivity index (χ3n) is 3.72. The molecule has 108 valence electrons. The van der Waals surface area contributed by atoms with Gasteiger partial charge in [0.1, 0.15) is 17.6 Å². The summed E-state index contributed by atoms with van der Waals surface area (Å²) >= 11 is 0. The molecule has 2 aromatic rings. The van der Waals surface area contributed by atoms with Gasteiger partial charge in [-0.15, -0.1) is 0 Å². The van der Waals surface area contributed by atoms with E-state index in [1.165, 1.54) is 0 Å². The summed E-state index contributed by atoms with van der Waals surface area (Å²) in [6, 6.07) is 13.3. The van der Waals surface area contributed by atoms with Crippen molar-refractivity contribution in [1.29, 1.82) is 0 Å². The minimum Gasteiger partial charge on any atom is -0.497 e. The van der Waals surface area contributed by atoms with E-state index in [1.807, 2.05) is 49.4 Å². The average molecular weight is 282 g/mol. The number of fused-ring (bicyclic) bond motifs is 1. The second kappa shape index (κ2) is 5.60. The first-order valence-corrected chi connectivity index (χ1v) is 7.11. The molecule has 1 atom stereocenters. The van der Waals surface area contributed by atoms with E-state index in [0.717, 1.165) is 34.6 Å². The van der Waals surface area contributed by atoms with Crippen molar-refractivity contribution in [2.75, 3.05) is 7.11 Å². The molecule has 1 unspecified atom stereocenters. The van der Waals surface area contributed by atoms with Crippen LogP contribution in [0, 0.1) is 0 Å². The fourth-order valence-electron chi connectivity index (χ4n) is 2.67. The number of hydrogen-bond acceptors (Lipinski definition) is 3. The van der Waals surface area contributed by atoms with Gasteiger partial charge >= 0.3 is 0 Å². The molecule has 2 aromatic carbocycles. The summed E-state index contributed by atoms with van der Waals surface area (Å²) in [5.41, 5.74) is 2.83. The topological polar surface area (TPSA) is 35.5 Å². The zero-order valence-electron chi connectivity index (χ0n) is 12.3. The van der Waals surface area contributed by atoms with Gasteiger partial charge in [0.05, 0.1) is 7.11 Å². The van der Waals surface area contributed by atoms with Gasteiger partial charge in [-0.25, -0.2) is 0 Å². The van der Waals surface area contributed by atoms with Gasteiger partial charge in [0.2, 0.25) is 0 Å². The van der Waals surface area contributed by atoms with Crippen molar-refractivity contribution in [2.24, 2.45) is 0 Å². The fraction of sp³-hybridized carbons (Fsp3) is 0.278. The maximum atomic E-state index is 12.4. The van der Waals surface area contributed by atoms with E-state index in [2.05, 4.69) is 0 Å². The molecule has 3 heteroatoms. The van der Waals surface area contributed by atoms with Crippen LogP contribution in [0.25, 0.3) is 0 Å². The van der Waals surface area contributed by atoms with Crippen LogP contribution in [0.4, 0.5) is 0 Å². The molecule has 0 spiro atoms. The predicted molar refractivity (Wildman–Crippen MR) is 81.3 cm³/mol. The molecule has 21 heavy (non-hydrogen) atoms. The normalized spacial score (nSPS) is 16.2. The van der Waals surface area contributed by atoms with Gasteiger partial charge in [-0.2, -0.15) is 0 Å². The predicted octanol–water partition coefficient (Wildman–Crippen LogP) is 3.44. The number of carbonyl (C=O) groups excluding carboxylic acids is 1. The van der Waals surface area contributed by atoms with Crippen LogP contribution in [0.1, 0.15) is 28.4 Å². The van der Waals surface area contributed by atoms with Gasteiger partial charge in [-0.1, -0.05) is 12.1 Å². The van der Waals surface area contributed by atoms with Crippen molar-refractivity contribution in [1.82, 2.24) is 0 Å². The highest BCUT2D eigenvalue weighted by Crippen LogP contribution is 2.29. The molecule has 0 saturated heterocycles. The summed E-state index contributed by atoms with van der Waals surface area (Å²) in [5.74, 6) is 1.79. The highest BCUT2D eigenvalue weighted by molar-refractivity contribution is 5.98. The van der Waals surface area contributed by atoms with Crippen LogP contribution >= 0.6 is 0 Å². The van der Waals surface area contributed by atoms with Crippen LogP contribution < -0.4 is 9.47 Å². The lowest BCUT2D eigenvalue weighted by Crippen LogP contribution is -2.05. The quantitative estimate of drug-likeness (QED) is 0.806. The molecule has 0 aliphatic carbocycles. The van der Waals surface area contributed by atoms with Gasteiger partial charge in [-0.3, -0.25) is 4.79 Å².